The zero-order chi connectivity index (χ0) is 14.8. The second-order valence-corrected chi connectivity index (χ2v) is 3.22. The van der Waals surface area contributed by atoms with Crippen LogP contribution in [-0.2, 0) is 11.0 Å². The van der Waals surface area contributed by atoms with Crippen molar-refractivity contribution in [1.82, 2.24) is 0 Å². The molecule has 0 aliphatic rings. The summed E-state index contributed by atoms with van der Waals surface area (Å²) < 4.78 is 57.0. The van der Waals surface area contributed by atoms with Crippen molar-refractivity contribution in [1.29, 1.82) is 0 Å². The van der Waals surface area contributed by atoms with E-state index in [2.05, 4.69) is 0 Å². The zero-order valence-corrected chi connectivity index (χ0v) is 8.78. The van der Waals surface area contributed by atoms with Crippen LogP contribution in [0, 0.1) is 0 Å². The monoisotopic (exact) mass is 250 g/mol. The number of ether oxygens (including phenoxy) is 1. The summed E-state index contributed by atoms with van der Waals surface area (Å²) in [6, 6.07) is 3.72. The van der Waals surface area contributed by atoms with Crippen LogP contribution in [-0.4, -0.2) is 17.2 Å². The van der Waals surface area contributed by atoms with Crippen molar-refractivity contribution < 1.29 is 30.6 Å². The minimum absolute atomic E-state index is 0.314. The second kappa shape index (κ2) is 5.07. The lowest BCUT2D eigenvalue weighted by Crippen LogP contribution is -2.17. The molecule has 1 aromatic rings. The molecule has 1 N–H and O–H groups in total. The van der Waals surface area contributed by atoms with Gasteiger partial charge >= 0.3 is 12.1 Å². The molecule has 0 saturated heterocycles. The third-order valence-corrected chi connectivity index (χ3v) is 1.77. The predicted molar refractivity (Wildman–Crippen MR) is 53.8 cm³/mol. The summed E-state index contributed by atoms with van der Waals surface area (Å²) in [5.74, 6) is -1.91. The van der Waals surface area contributed by atoms with Gasteiger partial charge in [-0.15, -0.1) is 0 Å². The molecule has 0 aliphatic heterocycles. The number of benzene rings is 1. The third-order valence-electron chi connectivity index (χ3n) is 1.77. The molecule has 0 saturated carbocycles. The molecule has 0 aromatic heterocycles. The number of hydrogen-bond acceptors (Lipinski definition) is 2. The molecule has 0 aliphatic carbocycles. The molecule has 1 rings (SSSR count). The van der Waals surface area contributed by atoms with Crippen LogP contribution in [0.1, 0.15) is 21.6 Å². The van der Waals surface area contributed by atoms with Gasteiger partial charge in [-0.3, -0.25) is 4.79 Å². The number of hydrogen-bond donors (Lipinski definition) is 1. The van der Waals surface area contributed by atoms with Crippen molar-refractivity contribution in [3.8, 4) is 5.75 Å². The van der Waals surface area contributed by atoms with Gasteiger partial charge in [0.25, 0.3) is 0 Å². The van der Waals surface area contributed by atoms with Crippen LogP contribution in [0.4, 0.5) is 13.2 Å². The van der Waals surface area contributed by atoms with Gasteiger partial charge in [0.1, 0.15) is 11.8 Å². The van der Waals surface area contributed by atoms with Crippen LogP contribution in [0.5, 0.6) is 5.75 Å². The molecule has 3 nitrogen and oxygen atoms in total. The van der Waals surface area contributed by atoms with E-state index in [1.54, 1.807) is 0 Å². The first kappa shape index (κ1) is 10.4. The Morgan fingerprint density at radius 1 is 1.65 bits per heavy atom. The van der Waals surface area contributed by atoms with E-state index in [0.29, 0.717) is 6.07 Å². The lowest BCUT2D eigenvalue weighted by Gasteiger charge is -2.14. The molecule has 0 fully saturated rings. The topological polar surface area (TPSA) is 46.5 Å². The van der Waals surface area contributed by atoms with E-state index in [4.69, 9.17) is 12.6 Å². The van der Waals surface area contributed by atoms with Crippen LogP contribution < -0.4 is 4.74 Å². The van der Waals surface area contributed by atoms with Crippen molar-refractivity contribution in [3.05, 3.63) is 29.8 Å². The highest BCUT2D eigenvalue weighted by atomic mass is 19.4. The van der Waals surface area contributed by atoms with Crippen molar-refractivity contribution in [3.63, 3.8) is 0 Å². The number of carboxylic acid groups (broad SMARTS) is 1. The van der Waals surface area contributed by atoms with Gasteiger partial charge in [0.2, 0.25) is 0 Å². The Morgan fingerprint density at radius 3 is 2.82 bits per heavy atom. The minimum Gasteiger partial charge on any atom is -0.490 e. The lowest BCUT2D eigenvalue weighted by molar-refractivity contribution is -0.139. The smallest absolute Gasteiger partial charge is 0.416 e. The van der Waals surface area contributed by atoms with E-state index in [1.165, 1.54) is 0 Å². The molecule has 0 unspecified atom stereocenters. The Labute approximate surface area is 98.6 Å². The molecule has 6 heteroatoms. The Balaban J connectivity index is 2.97. The molecule has 94 valence electrons. The average molecular weight is 250 g/mol. The fourth-order valence-corrected chi connectivity index (χ4v) is 1.13. The van der Waals surface area contributed by atoms with Gasteiger partial charge in [-0.05, 0) is 25.1 Å². The number of halogens is 3. The number of alkyl halides is 3. The molecule has 0 bridgehead atoms. The average Bonchev–Trinajstić information content (AvgIpc) is 2.26. The Bertz CT molecular complexity index is 474. The van der Waals surface area contributed by atoms with Crippen LogP contribution in [0.2, 0.25) is 0 Å². The SMILES string of the molecule is [2H][C@H](C(=O)O)[C@@]([2H])(C)Oc1cccc(C(F)(F)F)c1. The van der Waals surface area contributed by atoms with Gasteiger partial charge in [-0.25, -0.2) is 0 Å². The van der Waals surface area contributed by atoms with Crippen molar-refractivity contribution in [2.75, 3.05) is 0 Å². The van der Waals surface area contributed by atoms with E-state index in [9.17, 15) is 18.0 Å². The molecule has 0 spiro atoms. The zero-order valence-electron chi connectivity index (χ0n) is 10.8. The Kier molecular flexibility index (Phi) is 3.11. The minimum atomic E-state index is -4.56. The van der Waals surface area contributed by atoms with Gasteiger partial charge in [-0.1, -0.05) is 6.07 Å². The first-order valence-electron chi connectivity index (χ1n) is 5.63. The number of carboxylic acids is 1. The summed E-state index contributed by atoms with van der Waals surface area (Å²) >= 11 is 0. The quantitative estimate of drug-likeness (QED) is 0.893. The van der Waals surface area contributed by atoms with Crippen LogP contribution >= 0.6 is 0 Å². The maximum absolute atomic E-state index is 12.5. The summed E-state index contributed by atoms with van der Waals surface area (Å²) in [5, 5.41) is 8.61. The van der Waals surface area contributed by atoms with Crippen molar-refractivity contribution >= 4 is 5.97 Å². The van der Waals surface area contributed by atoms with E-state index in [1.807, 2.05) is 0 Å². The van der Waals surface area contributed by atoms with Crippen molar-refractivity contribution in [2.24, 2.45) is 0 Å². The highest BCUT2D eigenvalue weighted by Crippen LogP contribution is 2.31. The first-order chi connectivity index (χ1) is 8.54. The molecule has 1 aromatic carbocycles. The molecule has 2 atom stereocenters. The molecule has 17 heavy (non-hydrogen) atoms. The predicted octanol–water partition coefficient (Wildman–Crippen LogP) is 2.95. The Morgan fingerprint density at radius 2 is 2.29 bits per heavy atom. The van der Waals surface area contributed by atoms with E-state index < -0.39 is 30.2 Å². The Hall–Kier alpha value is -1.72. The standard InChI is InChI=1S/C11H11F3O3/c1-7(5-10(15)16)17-9-4-2-3-8(6-9)11(12,13)14/h2-4,6-7H,5H2,1H3,(H,15,16)/t7-/m1/s1/i5D,7D/t5-,7+/m0. The molecule has 0 radical (unpaired) electrons. The first-order valence-corrected chi connectivity index (χ1v) is 4.55. The van der Waals surface area contributed by atoms with E-state index >= 15 is 0 Å². The van der Waals surface area contributed by atoms with Gasteiger partial charge in [-0.2, -0.15) is 13.2 Å². The summed E-state index contributed by atoms with van der Waals surface area (Å²) in [4.78, 5) is 10.6. The lowest BCUT2D eigenvalue weighted by atomic mass is 10.2. The molecule has 0 amide bonds. The molecular formula is C11H11F3O3. The maximum atomic E-state index is 12.5. The maximum Gasteiger partial charge on any atom is 0.416 e. The highest BCUT2D eigenvalue weighted by Gasteiger charge is 2.30. The second-order valence-electron chi connectivity index (χ2n) is 3.22. The van der Waals surface area contributed by atoms with E-state index in [0.717, 1.165) is 25.1 Å². The summed E-state index contributed by atoms with van der Waals surface area (Å²) in [6.07, 6.45) is -8.71. The normalized spacial score (nSPS) is 18.6. The fraction of sp³-hybridized carbons (Fsp3) is 0.364. The highest BCUT2D eigenvalue weighted by molar-refractivity contribution is 5.67. The summed E-state index contributed by atoms with van der Waals surface area (Å²) in [5.41, 5.74) is -0.974. The van der Waals surface area contributed by atoms with Gasteiger partial charge in [0.15, 0.2) is 0 Å². The van der Waals surface area contributed by atoms with E-state index in [-0.39, 0.29) is 5.75 Å². The number of carbonyl (C=O) groups is 1. The van der Waals surface area contributed by atoms with Gasteiger partial charge in [0.05, 0.1) is 13.3 Å². The third kappa shape index (κ3) is 4.34. The van der Waals surface area contributed by atoms with Crippen molar-refractivity contribution in [2.45, 2.75) is 25.6 Å². The fourth-order valence-electron chi connectivity index (χ4n) is 1.13. The van der Waals surface area contributed by atoms with Crippen LogP contribution in [0.3, 0.4) is 0 Å². The molecule has 0 heterocycles. The largest absolute Gasteiger partial charge is 0.490 e. The number of rotatable bonds is 4. The van der Waals surface area contributed by atoms with Crippen LogP contribution in [0.25, 0.3) is 0 Å². The van der Waals surface area contributed by atoms with Crippen LogP contribution in [0.15, 0.2) is 24.3 Å². The van der Waals surface area contributed by atoms with Gasteiger partial charge < -0.3 is 9.84 Å². The summed E-state index contributed by atoms with van der Waals surface area (Å²) in [7, 11) is 0. The number of aliphatic carboxylic acids is 1. The summed E-state index contributed by atoms with van der Waals surface area (Å²) in [6.45, 7) is 0.999. The molecular weight excluding hydrogens is 237 g/mol. The van der Waals surface area contributed by atoms with Gasteiger partial charge in [0, 0.05) is 1.37 Å².